The fourth-order valence-electron chi connectivity index (χ4n) is 3.68. The lowest BCUT2D eigenvalue weighted by Crippen LogP contribution is -2.12. The minimum atomic E-state index is 0.588. The molecule has 4 aromatic rings. The Bertz CT molecular complexity index is 1200. The maximum atomic E-state index is 4.30. The first-order valence-electron chi connectivity index (χ1n) is 10.7. The highest BCUT2D eigenvalue weighted by molar-refractivity contribution is 5.83. The number of hydrogen-bond donors (Lipinski definition) is 2. The molecule has 4 rings (SSSR count). The first-order valence-corrected chi connectivity index (χ1v) is 10.7. The van der Waals surface area contributed by atoms with Crippen molar-refractivity contribution in [2.24, 2.45) is 0 Å². The van der Waals surface area contributed by atoms with Crippen molar-refractivity contribution in [3.05, 3.63) is 95.4 Å². The van der Waals surface area contributed by atoms with Gasteiger partial charge in [0.1, 0.15) is 0 Å². The zero-order valence-electron chi connectivity index (χ0n) is 18.2. The highest BCUT2D eigenvalue weighted by Gasteiger charge is 2.06. The van der Waals surface area contributed by atoms with Crippen molar-refractivity contribution in [2.75, 3.05) is 11.9 Å². The van der Waals surface area contributed by atoms with Gasteiger partial charge < -0.3 is 15.2 Å². The molecule has 0 spiro atoms. The van der Waals surface area contributed by atoms with Crippen LogP contribution in [0.2, 0.25) is 0 Å². The van der Waals surface area contributed by atoms with E-state index in [2.05, 4.69) is 87.5 Å². The van der Waals surface area contributed by atoms with Gasteiger partial charge in [0.25, 0.3) is 0 Å². The molecule has 0 saturated heterocycles. The minimum absolute atomic E-state index is 0.588. The summed E-state index contributed by atoms with van der Waals surface area (Å²) in [4.78, 5) is 4.30. The number of pyridine rings is 1. The molecule has 0 bridgehead atoms. The van der Waals surface area contributed by atoms with Crippen LogP contribution in [0.25, 0.3) is 10.9 Å². The van der Waals surface area contributed by atoms with Crippen molar-refractivity contribution in [3.63, 3.8) is 0 Å². The lowest BCUT2D eigenvalue weighted by atomic mass is 10.1. The molecular formula is C27H28N4. The lowest BCUT2D eigenvalue weighted by Gasteiger charge is -2.07. The fourth-order valence-corrected chi connectivity index (χ4v) is 3.68. The van der Waals surface area contributed by atoms with Crippen LogP contribution in [0.5, 0.6) is 0 Å². The largest absolute Gasteiger partial charge is 0.373 e. The molecule has 0 atom stereocenters. The lowest BCUT2D eigenvalue weighted by molar-refractivity contribution is 0.694. The number of aryl methyl sites for hydroxylation is 2. The Labute approximate surface area is 184 Å². The van der Waals surface area contributed by atoms with Crippen LogP contribution in [0.1, 0.15) is 29.4 Å². The van der Waals surface area contributed by atoms with Gasteiger partial charge in [-0.3, -0.25) is 4.98 Å². The maximum Gasteiger partial charge on any atom is 0.0931 e. The van der Waals surface area contributed by atoms with Gasteiger partial charge in [0.05, 0.1) is 24.1 Å². The SMILES string of the molecule is CCn1c(C#CCNc2ccc(C)nc2)cc2cc(CNCc3ccccc3)ccc21. The van der Waals surface area contributed by atoms with Crippen LogP contribution in [0.15, 0.2) is 72.9 Å². The third-order valence-electron chi connectivity index (χ3n) is 5.29. The van der Waals surface area contributed by atoms with Gasteiger partial charge in [-0.15, -0.1) is 0 Å². The quantitative estimate of drug-likeness (QED) is 0.417. The summed E-state index contributed by atoms with van der Waals surface area (Å²) in [5.74, 6) is 6.58. The van der Waals surface area contributed by atoms with Crippen LogP contribution in [0.4, 0.5) is 5.69 Å². The van der Waals surface area contributed by atoms with Crippen molar-refractivity contribution in [3.8, 4) is 11.8 Å². The van der Waals surface area contributed by atoms with Gasteiger partial charge in [-0.1, -0.05) is 42.3 Å². The predicted octanol–water partition coefficient (Wildman–Crippen LogP) is 5.12. The number of aromatic nitrogens is 2. The van der Waals surface area contributed by atoms with E-state index < -0.39 is 0 Å². The number of rotatable bonds is 7. The van der Waals surface area contributed by atoms with Crippen LogP contribution in [0, 0.1) is 18.8 Å². The van der Waals surface area contributed by atoms with E-state index in [-0.39, 0.29) is 0 Å². The molecule has 4 heteroatoms. The van der Waals surface area contributed by atoms with E-state index in [1.165, 1.54) is 22.0 Å². The summed E-state index contributed by atoms with van der Waals surface area (Å²) < 4.78 is 2.27. The minimum Gasteiger partial charge on any atom is -0.373 e. The summed E-state index contributed by atoms with van der Waals surface area (Å²) in [7, 11) is 0. The van der Waals surface area contributed by atoms with Gasteiger partial charge >= 0.3 is 0 Å². The van der Waals surface area contributed by atoms with Crippen LogP contribution in [0.3, 0.4) is 0 Å². The molecule has 0 aliphatic heterocycles. The van der Waals surface area contributed by atoms with Gasteiger partial charge in [0.15, 0.2) is 0 Å². The second-order valence-corrected chi connectivity index (χ2v) is 7.60. The second kappa shape index (κ2) is 9.97. The van der Waals surface area contributed by atoms with Crippen molar-refractivity contribution in [2.45, 2.75) is 33.5 Å². The zero-order valence-corrected chi connectivity index (χ0v) is 18.2. The third kappa shape index (κ3) is 5.33. The molecule has 0 unspecified atom stereocenters. The summed E-state index contributed by atoms with van der Waals surface area (Å²) in [6.45, 7) is 7.35. The van der Waals surface area contributed by atoms with Gasteiger partial charge in [-0.25, -0.2) is 0 Å². The topological polar surface area (TPSA) is 41.9 Å². The molecule has 0 radical (unpaired) electrons. The molecule has 2 heterocycles. The van der Waals surface area contributed by atoms with Crippen molar-refractivity contribution in [1.82, 2.24) is 14.9 Å². The Morgan fingerprint density at radius 3 is 2.55 bits per heavy atom. The monoisotopic (exact) mass is 408 g/mol. The average molecular weight is 409 g/mol. The molecule has 0 saturated carbocycles. The number of nitrogens with zero attached hydrogens (tertiary/aromatic N) is 2. The van der Waals surface area contributed by atoms with E-state index in [0.29, 0.717) is 6.54 Å². The van der Waals surface area contributed by atoms with Crippen LogP contribution >= 0.6 is 0 Å². The van der Waals surface area contributed by atoms with Crippen molar-refractivity contribution >= 4 is 16.6 Å². The molecule has 2 N–H and O–H groups in total. The van der Waals surface area contributed by atoms with Crippen LogP contribution < -0.4 is 10.6 Å². The van der Waals surface area contributed by atoms with Gasteiger partial charge in [0.2, 0.25) is 0 Å². The van der Waals surface area contributed by atoms with Gasteiger partial charge in [-0.2, -0.15) is 0 Å². The molecular weight excluding hydrogens is 380 g/mol. The molecule has 0 amide bonds. The Morgan fingerprint density at radius 1 is 0.935 bits per heavy atom. The number of nitrogens with one attached hydrogen (secondary N) is 2. The second-order valence-electron chi connectivity index (χ2n) is 7.60. The highest BCUT2D eigenvalue weighted by Crippen LogP contribution is 2.21. The molecule has 31 heavy (non-hydrogen) atoms. The van der Waals surface area contributed by atoms with E-state index in [0.717, 1.165) is 36.7 Å². The average Bonchev–Trinajstić information content (AvgIpc) is 3.15. The summed E-state index contributed by atoms with van der Waals surface area (Å²) in [6.07, 6.45) is 1.84. The molecule has 0 aliphatic carbocycles. The van der Waals surface area contributed by atoms with E-state index in [9.17, 15) is 0 Å². The van der Waals surface area contributed by atoms with Crippen LogP contribution in [-0.4, -0.2) is 16.1 Å². The first-order chi connectivity index (χ1) is 15.2. The normalized spacial score (nSPS) is 10.6. The molecule has 2 aromatic heterocycles. The summed E-state index contributed by atoms with van der Waals surface area (Å²) in [5, 5.41) is 8.07. The molecule has 4 nitrogen and oxygen atoms in total. The number of fused-ring (bicyclic) bond motifs is 1. The Kier molecular flexibility index (Phi) is 6.66. The Hall–Kier alpha value is -3.55. The molecule has 0 fully saturated rings. The maximum absolute atomic E-state index is 4.30. The Morgan fingerprint density at radius 2 is 1.77 bits per heavy atom. The van der Waals surface area contributed by atoms with Gasteiger partial charge in [0, 0.05) is 36.2 Å². The number of benzene rings is 2. The summed E-state index contributed by atoms with van der Waals surface area (Å²) in [6, 6.07) is 23.4. The van der Waals surface area contributed by atoms with E-state index in [1.54, 1.807) is 0 Å². The fraction of sp³-hybridized carbons (Fsp3) is 0.222. The van der Waals surface area contributed by atoms with E-state index >= 15 is 0 Å². The molecule has 2 aromatic carbocycles. The predicted molar refractivity (Wildman–Crippen MR) is 129 cm³/mol. The zero-order chi connectivity index (χ0) is 21.5. The summed E-state index contributed by atoms with van der Waals surface area (Å²) >= 11 is 0. The summed E-state index contributed by atoms with van der Waals surface area (Å²) in [5.41, 5.74) is 6.87. The standard InChI is InChI=1S/C27H28N4/c1-3-31-26(10-7-15-29-25-13-11-21(2)30-20-25)17-24-16-23(12-14-27(24)31)19-28-18-22-8-5-4-6-9-22/h4-6,8-9,11-14,16-17,20,28-29H,3,15,18-19H2,1-2H3. The Balaban J connectivity index is 1.42. The van der Waals surface area contributed by atoms with E-state index in [1.807, 2.05) is 31.3 Å². The van der Waals surface area contributed by atoms with Gasteiger partial charge in [-0.05, 0) is 61.2 Å². The number of hydrogen-bond acceptors (Lipinski definition) is 3. The molecule has 0 aliphatic rings. The smallest absolute Gasteiger partial charge is 0.0931 e. The van der Waals surface area contributed by atoms with E-state index in [4.69, 9.17) is 0 Å². The highest BCUT2D eigenvalue weighted by atomic mass is 15.0. The van der Waals surface area contributed by atoms with Crippen LogP contribution in [-0.2, 0) is 19.6 Å². The first kappa shape index (κ1) is 20.7. The van der Waals surface area contributed by atoms with Crippen molar-refractivity contribution in [1.29, 1.82) is 0 Å². The number of anilines is 1. The van der Waals surface area contributed by atoms with Crippen molar-refractivity contribution < 1.29 is 0 Å². The third-order valence-corrected chi connectivity index (χ3v) is 5.29. The molecule has 156 valence electrons.